The first-order valence-electron chi connectivity index (χ1n) is 7.91. The number of unbranched alkanes of at least 4 members (excludes halogenated alkanes) is 3. The summed E-state index contributed by atoms with van der Waals surface area (Å²) in [5.41, 5.74) is 2.53. The Morgan fingerprint density at radius 1 is 0.913 bits per heavy atom. The van der Waals surface area contributed by atoms with Crippen LogP contribution in [0.1, 0.15) is 38.2 Å². The van der Waals surface area contributed by atoms with Crippen molar-refractivity contribution in [2.24, 2.45) is 0 Å². The minimum atomic E-state index is -0.545. The van der Waals surface area contributed by atoms with Crippen LogP contribution in [0.2, 0.25) is 0 Å². The molecule has 0 N–H and O–H groups in total. The van der Waals surface area contributed by atoms with E-state index in [9.17, 15) is 8.78 Å². The number of hydrogen-bond acceptors (Lipinski definition) is 1. The summed E-state index contributed by atoms with van der Waals surface area (Å²) in [6.07, 6.45) is 4.43. The molecule has 0 amide bonds. The molecular formula is C19H23F2NTi. The van der Waals surface area contributed by atoms with Gasteiger partial charge >= 0.3 is 0 Å². The Morgan fingerprint density at radius 3 is 2.22 bits per heavy atom. The van der Waals surface area contributed by atoms with Crippen molar-refractivity contribution in [2.45, 2.75) is 39.5 Å². The molecule has 0 radical (unpaired) electrons. The molecule has 0 bridgehead atoms. The van der Waals surface area contributed by atoms with E-state index in [2.05, 4.69) is 6.92 Å². The summed E-state index contributed by atoms with van der Waals surface area (Å²) in [5.74, 6) is -1.06. The van der Waals surface area contributed by atoms with Crippen molar-refractivity contribution in [2.75, 3.05) is 11.4 Å². The van der Waals surface area contributed by atoms with Crippen molar-refractivity contribution in [1.29, 1.82) is 0 Å². The van der Waals surface area contributed by atoms with E-state index in [-0.39, 0.29) is 21.7 Å². The van der Waals surface area contributed by atoms with Crippen molar-refractivity contribution < 1.29 is 30.5 Å². The fourth-order valence-electron chi connectivity index (χ4n) is 2.51. The molecule has 0 unspecified atom stereocenters. The first-order chi connectivity index (χ1) is 10.6. The molecule has 2 aromatic rings. The van der Waals surface area contributed by atoms with Crippen molar-refractivity contribution in [3.63, 3.8) is 0 Å². The number of halogens is 2. The van der Waals surface area contributed by atoms with E-state index in [0.717, 1.165) is 43.1 Å². The molecule has 0 aliphatic rings. The Kier molecular flexibility index (Phi) is 8.50. The monoisotopic (exact) mass is 351 g/mol. The molecule has 0 saturated heterocycles. The van der Waals surface area contributed by atoms with Crippen LogP contribution in [0.4, 0.5) is 20.2 Å². The van der Waals surface area contributed by atoms with E-state index in [1.807, 2.05) is 36.1 Å². The van der Waals surface area contributed by atoms with Gasteiger partial charge in [-0.25, -0.2) is 8.78 Å². The summed E-state index contributed by atoms with van der Waals surface area (Å²) in [6, 6.07) is 11.8. The summed E-state index contributed by atoms with van der Waals surface area (Å²) in [6.45, 7) is 4.91. The maximum absolute atomic E-state index is 14.2. The molecule has 0 spiro atoms. The second-order valence-corrected chi connectivity index (χ2v) is 5.64. The molecule has 0 saturated carbocycles. The first kappa shape index (κ1) is 19.9. The van der Waals surface area contributed by atoms with Crippen LogP contribution in [0.5, 0.6) is 0 Å². The molecule has 0 heterocycles. The third-order valence-electron chi connectivity index (χ3n) is 3.78. The average molecular weight is 351 g/mol. The standard InChI is InChI=1S/C19H23F2N.Ti/c1-3-4-5-6-13-22(17-10-7-15(2)8-11-17)19-12-9-16(20)14-18(19)21;/h7-12,14H,3-6,13H2,1-2H3;. The van der Waals surface area contributed by atoms with E-state index in [0.29, 0.717) is 5.69 Å². The summed E-state index contributed by atoms with van der Waals surface area (Å²) in [5, 5.41) is 0. The Bertz CT molecular complexity index is 599. The van der Waals surface area contributed by atoms with Crippen molar-refractivity contribution >= 4 is 11.4 Å². The number of hydrogen-bond donors (Lipinski definition) is 0. The van der Waals surface area contributed by atoms with Gasteiger partial charge in [0, 0.05) is 40.0 Å². The molecule has 0 fully saturated rings. The van der Waals surface area contributed by atoms with Crippen LogP contribution >= 0.6 is 0 Å². The molecule has 1 nitrogen and oxygen atoms in total. The molecule has 0 aromatic heterocycles. The van der Waals surface area contributed by atoms with Crippen LogP contribution in [0.3, 0.4) is 0 Å². The van der Waals surface area contributed by atoms with Gasteiger partial charge in [0.05, 0.1) is 5.69 Å². The quantitative estimate of drug-likeness (QED) is 0.437. The van der Waals surface area contributed by atoms with Gasteiger partial charge in [0.25, 0.3) is 0 Å². The maximum Gasteiger partial charge on any atom is 0.149 e. The molecule has 0 aliphatic carbocycles. The van der Waals surface area contributed by atoms with E-state index >= 15 is 0 Å². The van der Waals surface area contributed by atoms with Gasteiger partial charge in [0.1, 0.15) is 11.6 Å². The van der Waals surface area contributed by atoms with E-state index in [4.69, 9.17) is 0 Å². The second-order valence-electron chi connectivity index (χ2n) is 5.64. The SMILES string of the molecule is CCCCCCN(c1ccc(C)cc1)c1ccc(F)cc1F.[Ti]. The fourth-order valence-corrected chi connectivity index (χ4v) is 2.51. The Labute approximate surface area is 152 Å². The molecule has 4 heteroatoms. The van der Waals surface area contributed by atoms with E-state index in [1.54, 1.807) is 0 Å². The van der Waals surface area contributed by atoms with Crippen LogP contribution in [0.25, 0.3) is 0 Å². The zero-order chi connectivity index (χ0) is 15.9. The van der Waals surface area contributed by atoms with Gasteiger partial charge in [-0.2, -0.15) is 0 Å². The third-order valence-corrected chi connectivity index (χ3v) is 3.78. The van der Waals surface area contributed by atoms with Crippen LogP contribution in [-0.4, -0.2) is 6.54 Å². The number of rotatable bonds is 7. The minimum Gasteiger partial charge on any atom is -0.339 e. The number of nitrogens with zero attached hydrogens (tertiary/aromatic N) is 1. The van der Waals surface area contributed by atoms with Crippen LogP contribution < -0.4 is 4.90 Å². The van der Waals surface area contributed by atoms with Crippen molar-refractivity contribution in [3.8, 4) is 0 Å². The topological polar surface area (TPSA) is 3.24 Å². The predicted molar refractivity (Wildman–Crippen MR) is 88.7 cm³/mol. The number of anilines is 2. The molecule has 2 aromatic carbocycles. The first-order valence-corrected chi connectivity index (χ1v) is 7.91. The zero-order valence-electron chi connectivity index (χ0n) is 13.8. The minimum absolute atomic E-state index is 0. The smallest absolute Gasteiger partial charge is 0.149 e. The second kappa shape index (κ2) is 9.84. The molecule has 0 aliphatic heterocycles. The maximum atomic E-state index is 14.2. The van der Waals surface area contributed by atoms with Gasteiger partial charge in [-0.15, -0.1) is 0 Å². The van der Waals surface area contributed by atoms with Crippen molar-refractivity contribution in [1.82, 2.24) is 0 Å². The normalized spacial score (nSPS) is 10.3. The molecule has 122 valence electrons. The summed E-state index contributed by atoms with van der Waals surface area (Å²) in [4.78, 5) is 1.93. The molecule has 23 heavy (non-hydrogen) atoms. The summed E-state index contributed by atoms with van der Waals surface area (Å²) in [7, 11) is 0. The summed E-state index contributed by atoms with van der Waals surface area (Å²) >= 11 is 0. The van der Waals surface area contributed by atoms with Crippen LogP contribution in [0.15, 0.2) is 42.5 Å². The van der Waals surface area contributed by atoms with E-state index in [1.165, 1.54) is 18.6 Å². The predicted octanol–water partition coefficient (Wildman–Crippen LogP) is 5.99. The number of benzene rings is 2. The zero-order valence-corrected chi connectivity index (χ0v) is 15.3. The largest absolute Gasteiger partial charge is 0.339 e. The number of aryl methyl sites for hydroxylation is 1. The van der Waals surface area contributed by atoms with Crippen LogP contribution in [-0.2, 0) is 21.7 Å². The molecule has 2 rings (SSSR count). The van der Waals surface area contributed by atoms with Crippen molar-refractivity contribution in [3.05, 3.63) is 59.7 Å². The van der Waals surface area contributed by atoms with Gasteiger partial charge in [0.15, 0.2) is 0 Å². The molecule has 0 atom stereocenters. The molecular weight excluding hydrogens is 328 g/mol. The third kappa shape index (κ3) is 5.74. The fraction of sp³-hybridized carbons (Fsp3) is 0.368. The van der Waals surface area contributed by atoms with Gasteiger partial charge < -0.3 is 4.90 Å². The van der Waals surface area contributed by atoms with E-state index < -0.39 is 11.6 Å². The Hall–Kier alpha value is -1.19. The van der Waals surface area contributed by atoms with Gasteiger partial charge in [-0.3, -0.25) is 0 Å². The average Bonchev–Trinajstić information content (AvgIpc) is 2.50. The van der Waals surface area contributed by atoms with Gasteiger partial charge in [0.2, 0.25) is 0 Å². The van der Waals surface area contributed by atoms with Gasteiger partial charge in [-0.1, -0.05) is 43.9 Å². The van der Waals surface area contributed by atoms with Crippen LogP contribution in [0, 0.1) is 18.6 Å². The Balaban J connectivity index is 0.00000264. The van der Waals surface area contributed by atoms with Gasteiger partial charge in [-0.05, 0) is 37.6 Å². The summed E-state index contributed by atoms with van der Waals surface area (Å²) < 4.78 is 27.3. The Morgan fingerprint density at radius 2 is 1.61 bits per heavy atom.